The van der Waals surface area contributed by atoms with Gasteiger partial charge in [-0.05, 0) is 19.2 Å². The van der Waals surface area contributed by atoms with Crippen molar-refractivity contribution in [1.82, 2.24) is 15.8 Å². The summed E-state index contributed by atoms with van der Waals surface area (Å²) < 4.78 is 5.13. The van der Waals surface area contributed by atoms with Crippen molar-refractivity contribution >= 4 is 40.7 Å². The van der Waals surface area contributed by atoms with Gasteiger partial charge in [-0.2, -0.15) is 0 Å². The highest BCUT2D eigenvalue weighted by molar-refractivity contribution is 6.54. The van der Waals surface area contributed by atoms with Crippen LogP contribution in [0.2, 0.25) is 0 Å². The Bertz CT molecular complexity index is 707. The molecule has 0 aliphatic carbocycles. The lowest BCUT2D eigenvalue weighted by atomic mass is 10.1. The van der Waals surface area contributed by atoms with Gasteiger partial charge in [-0.25, -0.2) is 0 Å². The first-order valence-corrected chi connectivity index (χ1v) is 8.42. The molecule has 0 aliphatic heterocycles. The van der Waals surface area contributed by atoms with Crippen LogP contribution in [0, 0.1) is 0 Å². The number of aromatic nitrogens is 1. The van der Waals surface area contributed by atoms with Crippen molar-refractivity contribution in [3.05, 3.63) is 36.5 Å². The number of benzene rings is 1. The van der Waals surface area contributed by atoms with E-state index in [1.165, 1.54) is 11.1 Å². The monoisotopic (exact) mass is 384 g/mol. The van der Waals surface area contributed by atoms with Crippen molar-refractivity contribution in [1.29, 1.82) is 0 Å². The summed E-state index contributed by atoms with van der Waals surface area (Å²) in [5.74, 6) is -0.0654. The Kier molecular flexibility index (Phi) is 7.24. The van der Waals surface area contributed by atoms with Gasteiger partial charge in [0, 0.05) is 30.4 Å². The highest BCUT2D eigenvalue weighted by atomic mass is 35.5. The molecule has 1 aromatic carbocycles. The van der Waals surface area contributed by atoms with E-state index in [4.69, 9.17) is 27.7 Å². The Morgan fingerprint density at radius 2 is 2.12 bits per heavy atom. The molecule has 2 rings (SSSR count). The van der Waals surface area contributed by atoms with Gasteiger partial charge in [-0.15, -0.1) is 0 Å². The highest BCUT2D eigenvalue weighted by Gasteiger charge is 2.22. The molecule has 0 saturated carbocycles. The predicted molar refractivity (Wildman–Crippen MR) is 96.7 cm³/mol. The quantitative estimate of drug-likeness (QED) is 0.677. The highest BCUT2D eigenvalue weighted by Crippen LogP contribution is 2.25. The number of hydrogen-bond donors (Lipinski definition) is 2. The molecule has 9 heteroatoms. The van der Waals surface area contributed by atoms with Crippen LogP contribution in [0.5, 0.6) is 0 Å². The summed E-state index contributed by atoms with van der Waals surface area (Å²) in [5, 5.41) is 9.13. The number of carbonyl (C=O) groups excluding carboxylic acids is 2. The Morgan fingerprint density at radius 1 is 1.32 bits per heavy atom. The maximum Gasteiger partial charge on any atom is 0.260 e. The number of carbonyl (C=O) groups is 2. The molecule has 1 heterocycles. The second-order valence-electron chi connectivity index (χ2n) is 5.10. The molecule has 0 fully saturated rings. The van der Waals surface area contributed by atoms with E-state index in [0.717, 1.165) is 5.56 Å². The normalized spacial score (nSPS) is 10.7. The fourth-order valence-electron chi connectivity index (χ4n) is 2.21. The lowest BCUT2D eigenvalue weighted by molar-refractivity contribution is -0.120. The van der Waals surface area contributed by atoms with Gasteiger partial charge < -0.3 is 20.1 Å². The first-order valence-electron chi connectivity index (χ1n) is 7.55. The first-order chi connectivity index (χ1) is 12.0. The van der Waals surface area contributed by atoms with E-state index in [1.807, 2.05) is 6.07 Å². The topological polar surface area (TPSA) is 87.5 Å². The van der Waals surface area contributed by atoms with Gasteiger partial charge in [-0.1, -0.05) is 40.5 Å². The third-order valence-electron chi connectivity index (χ3n) is 3.33. The minimum absolute atomic E-state index is 0.168. The number of amides is 2. The van der Waals surface area contributed by atoms with E-state index in [2.05, 4.69) is 15.8 Å². The van der Waals surface area contributed by atoms with Crippen LogP contribution in [0.4, 0.5) is 5.69 Å². The number of nitrogens with zero attached hydrogens (tertiary/aromatic N) is 2. The molecular weight excluding hydrogens is 367 g/mol. The molecule has 0 saturated heterocycles. The smallest absolute Gasteiger partial charge is 0.260 e. The Hall–Kier alpha value is -2.09. The van der Waals surface area contributed by atoms with Gasteiger partial charge in [0.2, 0.25) is 5.91 Å². The summed E-state index contributed by atoms with van der Waals surface area (Å²) in [6.45, 7) is 0.686. The number of nitrogens with one attached hydrogen (secondary N) is 2. The van der Waals surface area contributed by atoms with Gasteiger partial charge in [0.15, 0.2) is 10.6 Å². The number of halogens is 2. The molecule has 134 valence electrons. The Balaban J connectivity index is 2.16. The zero-order chi connectivity index (χ0) is 18.2. The van der Waals surface area contributed by atoms with Crippen molar-refractivity contribution in [3.63, 3.8) is 0 Å². The fraction of sp³-hybridized carbons (Fsp3) is 0.312. The average molecular weight is 385 g/mol. The van der Waals surface area contributed by atoms with Crippen LogP contribution in [-0.2, 0) is 9.59 Å². The van der Waals surface area contributed by atoms with E-state index < -0.39 is 10.7 Å². The summed E-state index contributed by atoms with van der Waals surface area (Å²) in [4.78, 5) is 24.1. The number of alkyl halides is 2. The van der Waals surface area contributed by atoms with Crippen molar-refractivity contribution < 1.29 is 14.1 Å². The largest absolute Gasteiger partial charge is 0.356 e. The van der Waals surface area contributed by atoms with Crippen LogP contribution in [0.1, 0.15) is 0 Å². The molecule has 2 aromatic rings. The second-order valence-corrected chi connectivity index (χ2v) is 6.19. The summed E-state index contributed by atoms with van der Waals surface area (Å²) in [5.41, 5.74) is 1.35. The molecule has 25 heavy (non-hydrogen) atoms. The van der Waals surface area contributed by atoms with Crippen LogP contribution in [0.25, 0.3) is 11.3 Å². The van der Waals surface area contributed by atoms with Gasteiger partial charge in [0.1, 0.15) is 0 Å². The molecule has 0 bridgehead atoms. The molecule has 0 radical (unpaired) electrons. The Labute approximate surface area is 155 Å². The van der Waals surface area contributed by atoms with Crippen molar-refractivity contribution in [2.24, 2.45) is 0 Å². The molecular formula is C16H18Cl2N4O3. The third-order valence-corrected chi connectivity index (χ3v) is 3.70. The van der Waals surface area contributed by atoms with Gasteiger partial charge in [0.05, 0.1) is 12.7 Å². The number of rotatable bonds is 8. The molecule has 0 atom stereocenters. The third kappa shape index (κ3) is 5.45. The maximum absolute atomic E-state index is 12.3. The zero-order valence-electron chi connectivity index (χ0n) is 13.5. The van der Waals surface area contributed by atoms with E-state index in [-0.39, 0.29) is 25.5 Å². The molecule has 0 spiro atoms. The van der Waals surface area contributed by atoms with Crippen LogP contribution in [0.3, 0.4) is 0 Å². The maximum atomic E-state index is 12.3. The van der Waals surface area contributed by atoms with Crippen molar-refractivity contribution in [2.45, 2.75) is 4.84 Å². The van der Waals surface area contributed by atoms with E-state index in [9.17, 15) is 9.59 Å². The molecule has 2 N–H and O–H groups in total. The first kappa shape index (κ1) is 19.2. The van der Waals surface area contributed by atoms with Crippen molar-refractivity contribution in [2.75, 3.05) is 31.6 Å². The summed E-state index contributed by atoms with van der Waals surface area (Å²) in [6.07, 6.45) is 1.54. The predicted octanol–water partition coefficient (Wildman–Crippen LogP) is 1.81. The average Bonchev–Trinajstić information content (AvgIpc) is 3.13. The number of anilines is 1. The van der Waals surface area contributed by atoms with Crippen molar-refractivity contribution in [3.8, 4) is 11.3 Å². The molecule has 2 amide bonds. The van der Waals surface area contributed by atoms with Gasteiger partial charge in [-0.3, -0.25) is 9.59 Å². The molecule has 0 unspecified atom stereocenters. The van der Waals surface area contributed by atoms with E-state index in [1.54, 1.807) is 31.3 Å². The minimum atomic E-state index is -1.21. The second kappa shape index (κ2) is 9.41. The van der Waals surface area contributed by atoms with Gasteiger partial charge in [0.25, 0.3) is 5.91 Å². The fourth-order valence-corrected chi connectivity index (χ4v) is 2.44. The van der Waals surface area contributed by atoms with Crippen LogP contribution in [0.15, 0.2) is 41.1 Å². The molecule has 1 aromatic heterocycles. The standard InChI is InChI=1S/C16H18Cl2N4O3/c1-19-10-14(23)20-7-8-22(16(24)15(17)18)12-4-2-3-11(9-12)13-5-6-21-25-13/h2-6,9,15,19H,7-8,10H2,1H3,(H,20,23). The van der Waals surface area contributed by atoms with E-state index in [0.29, 0.717) is 11.4 Å². The SMILES string of the molecule is CNCC(=O)NCCN(C(=O)C(Cl)Cl)c1cccc(-c2ccno2)c1. The van der Waals surface area contributed by atoms with Crippen LogP contribution >= 0.6 is 23.2 Å². The molecule has 0 aliphatic rings. The minimum Gasteiger partial charge on any atom is -0.356 e. The Morgan fingerprint density at radius 3 is 2.76 bits per heavy atom. The lowest BCUT2D eigenvalue weighted by Crippen LogP contribution is -2.42. The zero-order valence-corrected chi connectivity index (χ0v) is 15.0. The lowest BCUT2D eigenvalue weighted by Gasteiger charge is -2.24. The number of hydrogen-bond acceptors (Lipinski definition) is 5. The summed E-state index contributed by atoms with van der Waals surface area (Å²) in [7, 11) is 1.68. The number of likely N-dealkylation sites (N-methyl/N-ethyl adjacent to an activating group) is 1. The van der Waals surface area contributed by atoms with Crippen LogP contribution in [-0.4, -0.2) is 48.5 Å². The molecule has 7 nitrogen and oxygen atoms in total. The summed E-state index contributed by atoms with van der Waals surface area (Å²) >= 11 is 11.5. The summed E-state index contributed by atoms with van der Waals surface area (Å²) in [6, 6.07) is 8.85. The van der Waals surface area contributed by atoms with E-state index >= 15 is 0 Å². The van der Waals surface area contributed by atoms with Gasteiger partial charge >= 0.3 is 0 Å². The van der Waals surface area contributed by atoms with Crippen LogP contribution < -0.4 is 15.5 Å².